The van der Waals surface area contributed by atoms with E-state index in [1.165, 1.54) is 0 Å². The lowest BCUT2D eigenvalue weighted by Gasteiger charge is -2.15. The molecule has 5 heteroatoms. The van der Waals surface area contributed by atoms with Crippen LogP contribution in [0.1, 0.15) is 24.8 Å². The highest BCUT2D eigenvalue weighted by atomic mass is 16.5. The zero-order valence-corrected chi connectivity index (χ0v) is 13.1. The van der Waals surface area contributed by atoms with E-state index in [2.05, 4.69) is 15.5 Å². The van der Waals surface area contributed by atoms with Gasteiger partial charge in [0.2, 0.25) is 5.91 Å². The third-order valence-corrected chi connectivity index (χ3v) is 3.63. The monoisotopic (exact) mass is 291 g/mol. The van der Waals surface area contributed by atoms with Crippen LogP contribution in [0.3, 0.4) is 0 Å². The SMILES string of the molecule is COc1ccc(CN(C)C)cc1NC(=O)CC1CCCN1. The van der Waals surface area contributed by atoms with E-state index in [0.29, 0.717) is 18.2 Å². The number of amides is 1. The van der Waals surface area contributed by atoms with Crippen molar-refractivity contribution in [3.8, 4) is 5.75 Å². The van der Waals surface area contributed by atoms with Gasteiger partial charge < -0.3 is 20.3 Å². The van der Waals surface area contributed by atoms with Gasteiger partial charge in [0.05, 0.1) is 12.8 Å². The Hall–Kier alpha value is -1.59. The summed E-state index contributed by atoms with van der Waals surface area (Å²) in [6, 6.07) is 6.22. The van der Waals surface area contributed by atoms with Gasteiger partial charge in [0.1, 0.15) is 5.75 Å². The quantitative estimate of drug-likeness (QED) is 0.840. The summed E-state index contributed by atoms with van der Waals surface area (Å²) < 4.78 is 5.33. The molecular formula is C16H25N3O2. The van der Waals surface area contributed by atoms with Crippen LogP contribution in [0.2, 0.25) is 0 Å². The highest BCUT2D eigenvalue weighted by molar-refractivity contribution is 5.92. The van der Waals surface area contributed by atoms with Crippen molar-refractivity contribution in [1.29, 1.82) is 0 Å². The highest BCUT2D eigenvalue weighted by Crippen LogP contribution is 2.26. The molecule has 116 valence electrons. The summed E-state index contributed by atoms with van der Waals surface area (Å²) in [5, 5.41) is 6.32. The van der Waals surface area contributed by atoms with E-state index in [1.54, 1.807) is 7.11 Å². The molecule has 1 atom stereocenters. The van der Waals surface area contributed by atoms with Crippen LogP contribution in [0.5, 0.6) is 5.75 Å². The molecule has 0 aromatic heterocycles. The summed E-state index contributed by atoms with van der Waals surface area (Å²) >= 11 is 0. The molecule has 0 aliphatic carbocycles. The molecule has 5 nitrogen and oxygen atoms in total. The molecule has 1 unspecified atom stereocenters. The number of nitrogens with zero attached hydrogens (tertiary/aromatic N) is 1. The molecule has 21 heavy (non-hydrogen) atoms. The van der Waals surface area contributed by atoms with Gasteiger partial charge in [0.15, 0.2) is 0 Å². The van der Waals surface area contributed by atoms with Gasteiger partial charge in [-0.15, -0.1) is 0 Å². The largest absolute Gasteiger partial charge is 0.495 e. The predicted octanol–water partition coefficient (Wildman–Crippen LogP) is 1.84. The number of methoxy groups -OCH3 is 1. The fraction of sp³-hybridized carbons (Fsp3) is 0.562. The Labute approximate surface area is 126 Å². The van der Waals surface area contributed by atoms with Gasteiger partial charge in [-0.3, -0.25) is 4.79 Å². The second kappa shape index (κ2) is 7.43. The number of anilines is 1. The predicted molar refractivity (Wildman–Crippen MR) is 84.7 cm³/mol. The molecule has 1 amide bonds. The molecule has 1 saturated heterocycles. The smallest absolute Gasteiger partial charge is 0.226 e. The van der Waals surface area contributed by atoms with Gasteiger partial charge in [-0.2, -0.15) is 0 Å². The van der Waals surface area contributed by atoms with Gasteiger partial charge in [0, 0.05) is 19.0 Å². The number of hydrogen-bond acceptors (Lipinski definition) is 4. The molecule has 1 aromatic carbocycles. The molecule has 1 fully saturated rings. The zero-order chi connectivity index (χ0) is 15.2. The van der Waals surface area contributed by atoms with E-state index in [0.717, 1.165) is 37.2 Å². The van der Waals surface area contributed by atoms with Crippen LogP contribution in [-0.2, 0) is 11.3 Å². The maximum absolute atomic E-state index is 12.2. The van der Waals surface area contributed by atoms with E-state index in [4.69, 9.17) is 4.74 Å². The maximum Gasteiger partial charge on any atom is 0.226 e. The van der Waals surface area contributed by atoms with Crippen LogP contribution in [0.25, 0.3) is 0 Å². The van der Waals surface area contributed by atoms with Gasteiger partial charge in [-0.05, 0) is 51.2 Å². The Balaban J connectivity index is 2.03. The Morgan fingerprint density at radius 2 is 2.29 bits per heavy atom. The second-order valence-electron chi connectivity index (χ2n) is 5.82. The zero-order valence-electron chi connectivity index (χ0n) is 13.1. The topological polar surface area (TPSA) is 53.6 Å². The average molecular weight is 291 g/mol. The van der Waals surface area contributed by atoms with Crippen molar-refractivity contribution in [2.24, 2.45) is 0 Å². The first-order chi connectivity index (χ1) is 10.1. The summed E-state index contributed by atoms with van der Waals surface area (Å²) in [6.07, 6.45) is 2.74. The number of carbonyl (C=O) groups excluding carboxylic acids is 1. The minimum Gasteiger partial charge on any atom is -0.495 e. The van der Waals surface area contributed by atoms with Crippen molar-refractivity contribution in [2.75, 3.05) is 33.1 Å². The minimum absolute atomic E-state index is 0.0368. The fourth-order valence-electron chi connectivity index (χ4n) is 2.67. The Bertz CT molecular complexity index is 482. The Morgan fingerprint density at radius 1 is 1.48 bits per heavy atom. The van der Waals surface area contributed by atoms with Crippen LogP contribution in [0, 0.1) is 0 Å². The van der Waals surface area contributed by atoms with Crippen LogP contribution in [-0.4, -0.2) is 44.6 Å². The van der Waals surface area contributed by atoms with Gasteiger partial charge in [-0.1, -0.05) is 6.07 Å². The lowest BCUT2D eigenvalue weighted by molar-refractivity contribution is -0.116. The first-order valence-corrected chi connectivity index (χ1v) is 7.43. The van der Waals surface area contributed by atoms with E-state index in [-0.39, 0.29) is 5.91 Å². The number of ether oxygens (including phenoxy) is 1. The molecule has 0 bridgehead atoms. The summed E-state index contributed by atoms with van der Waals surface area (Å²) in [4.78, 5) is 14.2. The van der Waals surface area contributed by atoms with Crippen LogP contribution in [0.15, 0.2) is 18.2 Å². The first kappa shape index (κ1) is 15.8. The third-order valence-electron chi connectivity index (χ3n) is 3.63. The molecule has 0 spiro atoms. The number of hydrogen-bond donors (Lipinski definition) is 2. The van der Waals surface area contributed by atoms with Crippen LogP contribution >= 0.6 is 0 Å². The molecule has 1 aliphatic rings. The van der Waals surface area contributed by atoms with E-state index >= 15 is 0 Å². The number of carbonyl (C=O) groups is 1. The lowest BCUT2D eigenvalue weighted by atomic mass is 10.1. The molecule has 2 rings (SSSR count). The highest BCUT2D eigenvalue weighted by Gasteiger charge is 2.18. The summed E-state index contributed by atoms with van der Waals surface area (Å²) in [6.45, 7) is 1.84. The van der Waals surface area contributed by atoms with Crippen molar-refractivity contribution in [3.05, 3.63) is 23.8 Å². The van der Waals surface area contributed by atoms with Gasteiger partial charge in [0.25, 0.3) is 0 Å². The Morgan fingerprint density at radius 3 is 2.90 bits per heavy atom. The second-order valence-corrected chi connectivity index (χ2v) is 5.82. The standard InChI is InChI=1S/C16H25N3O2/c1-19(2)11-12-6-7-15(21-3)14(9-12)18-16(20)10-13-5-4-8-17-13/h6-7,9,13,17H,4-5,8,10-11H2,1-3H3,(H,18,20). The molecule has 0 saturated carbocycles. The van der Waals surface area contributed by atoms with E-state index in [1.807, 2.05) is 32.3 Å². The normalized spacial score (nSPS) is 18.0. The number of nitrogens with one attached hydrogen (secondary N) is 2. The van der Waals surface area contributed by atoms with Crippen molar-refractivity contribution < 1.29 is 9.53 Å². The van der Waals surface area contributed by atoms with E-state index in [9.17, 15) is 4.79 Å². The van der Waals surface area contributed by atoms with Crippen LogP contribution in [0.4, 0.5) is 5.69 Å². The third kappa shape index (κ3) is 4.72. The number of rotatable bonds is 6. The van der Waals surface area contributed by atoms with E-state index < -0.39 is 0 Å². The lowest BCUT2D eigenvalue weighted by Crippen LogP contribution is -2.27. The minimum atomic E-state index is 0.0368. The maximum atomic E-state index is 12.2. The number of benzene rings is 1. The van der Waals surface area contributed by atoms with Crippen molar-refractivity contribution in [1.82, 2.24) is 10.2 Å². The molecular weight excluding hydrogens is 266 g/mol. The molecule has 1 aliphatic heterocycles. The molecule has 2 N–H and O–H groups in total. The van der Waals surface area contributed by atoms with Crippen molar-refractivity contribution in [3.63, 3.8) is 0 Å². The Kier molecular flexibility index (Phi) is 5.59. The van der Waals surface area contributed by atoms with Gasteiger partial charge in [-0.25, -0.2) is 0 Å². The fourth-order valence-corrected chi connectivity index (χ4v) is 2.67. The average Bonchev–Trinajstić information content (AvgIpc) is 2.91. The molecule has 0 radical (unpaired) electrons. The summed E-state index contributed by atoms with van der Waals surface area (Å²) in [5.74, 6) is 0.736. The first-order valence-electron chi connectivity index (χ1n) is 7.43. The van der Waals surface area contributed by atoms with Crippen LogP contribution < -0.4 is 15.4 Å². The van der Waals surface area contributed by atoms with Gasteiger partial charge >= 0.3 is 0 Å². The molecule has 1 aromatic rings. The van der Waals surface area contributed by atoms with Crippen molar-refractivity contribution >= 4 is 11.6 Å². The van der Waals surface area contributed by atoms with Crippen molar-refractivity contribution in [2.45, 2.75) is 31.8 Å². The summed E-state index contributed by atoms with van der Waals surface area (Å²) in [7, 11) is 5.66. The summed E-state index contributed by atoms with van der Waals surface area (Å²) in [5.41, 5.74) is 1.90. The molecule has 1 heterocycles.